The second-order valence-electron chi connectivity index (χ2n) is 3.31. The van der Waals surface area contributed by atoms with Crippen molar-refractivity contribution in [3.63, 3.8) is 0 Å². The van der Waals surface area contributed by atoms with E-state index in [1.54, 1.807) is 18.5 Å². The molecule has 2 aromatic rings. The quantitative estimate of drug-likeness (QED) is 0.902. The number of hydrogen-bond donors (Lipinski definition) is 1. The van der Waals surface area contributed by atoms with E-state index in [-0.39, 0.29) is 0 Å². The number of rotatable bonds is 3. The first kappa shape index (κ1) is 11.4. The minimum Gasteiger partial charge on any atom is -0.363 e. The maximum absolute atomic E-state index is 8.83. The summed E-state index contributed by atoms with van der Waals surface area (Å²) in [5, 5.41) is 12.2. The zero-order chi connectivity index (χ0) is 12.1. The van der Waals surface area contributed by atoms with Crippen LogP contribution in [0, 0.1) is 11.3 Å². The van der Waals surface area contributed by atoms with Crippen LogP contribution in [0.3, 0.4) is 0 Å². The highest BCUT2D eigenvalue weighted by Gasteiger charge is 2.06. The van der Waals surface area contributed by atoms with Crippen LogP contribution in [-0.4, -0.2) is 9.97 Å². The van der Waals surface area contributed by atoms with Crippen LogP contribution in [0.2, 0.25) is 5.02 Å². The third-order valence-corrected chi connectivity index (χ3v) is 2.56. The summed E-state index contributed by atoms with van der Waals surface area (Å²) in [5.74, 6) is 0.497. The summed E-state index contributed by atoms with van der Waals surface area (Å²) in [5.41, 5.74) is 1.29. The van der Waals surface area contributed by atoms with Crippen LogP contribution in [0.15, 0.2) is 36.7 Å². The minimum absolute atomic E-state index is 0.339. The van der Waals surface area contributed by atoms with Crippen molar-refractivity contribution in [2.75, 3.05) is 5.32 Å². The molecule has 0 fully saturated rings. The number of pyridine rings is 2. The van der Waals surface area contributed by atoms with E-state index in [1.165, 1.54) is 0 Å². The van der Waals surface area contributed by atoms with Crippen LogP contribution in [0.25, 0.3) is 0 Å². The predicted molar refractivity (Wildman–Crippen MR) is 65.5 cm³/mol. The summed E-state index contributed by atoms with van der Waals surface area (Å²) in [7, 11) is 0. The highest BCUT2D eigenvalue weighted by atomic mass is 35.5. The van der Waals surface area contributed by atoms with Gasteiger partial charge in [-0.15, -0.1) is 0 Å². The fraction of sp³-hybridized carbons (Fsp3) is 0.0833. The van der Waals surface area contributed by atoms with E-state index in [1.807, 2.05) is 24.3 Å². The first-order valence-electron chi connectivity index (χ1n) is 4.99. The average Bonchev–Trinajstić information content (AvgIpc) is 2.39. The molecule has 84 valence electrons. The van der Waals surface area contributed by atoms with Gasteiger partial charge >= 0.3 is 0 Å². The standard InChI is InChI=1S/C12H9ClN4/c13-11-9(7-14)4-6-16-12(11)17-8-10-3-1-2-5-15-10/h1-6H,8H2,(H,16,17). The maximum atomic E-state index is 8.83. The molecule has 5 heteroatoms. The van der Waals surface area contributed by atoms with Crippen LogP contribution < -0.4 is 5.32 Å². The number of nitriles is 1. The van der Waals surface area contributed by atoms with Crippen molar-refractivity contribution in [3.8, 4) is 6.07 Å². The van der Waals surface area contributed by atoms with Gasteiger partial charge in [-0.05, 0) is 18.2 Å². The largest absolute Gasteiger partial charge is 0.363 e. The maximum Gasteiger partial charge on any atom is 0.146 e. The number of nitrogens with one attached hydrogen (secondary N) is 1. The Labute approximate surface area is 104 Å². The smallest absolute Gasteiger partial charge is 0.146 e. The van der Waals surface area contributed by atoms with Gasteiger partial charge in [0, 0.05) is 12.4 Å². The number of anilines is 1. The lowest BCUT2D eigenvalue weighted by Crippen LogP contribution is -2.03. The van der Waals surface area contributed by atoms with Crippen LogP contribution >= 0.6 is 11.6 Å². The summed E-state index contributed by atoms with van der Waals surface area (Å²) in [6, 6.07) is 9.24. The summed E-state index contributed by atoms with van der Waals surface area (Å²) in [6.45, 7) is 0.516. The highest BCUT2D eigenvalue weighted by Crippen LogP contribution is 2.22. The Bertz CT molecular complexity index is 548. The normalized spacial score (nSPS) is 9.65. The van der Waals surface area contributed by atoms with Gasteiger partial charge in [-0.2, -0.15) is 5.26 Å². The van der Waals surface area contributed by atoms with Gasteiger partial charge in [-0.1, -0.05) is 17.7 Å². The van der Waals surface area contributed by atoms with E-state index in [9.17, 15) is 0 Å². The van der Waals surface area contributed by atoms with Gasteiger partial charge in [0.2, 0.25) is 0 Å². The molecule has 0 atom stereocenters. The lowest BCUT2D eigenvalue weighted by molar-refractivity contribution is 1.03. The molecule has 0 aromatic carbocycles. The molecule has 2 heterocycles. The molecule has 2 aromatic heterocycles. The van der Waals surface area contributed by atoms with E-state index in [2.05, 4.69) is 15.3 Å². The SMILES string of the molecule is N#Cc1ccnc(NCc2ccccn2)c1Cl. The molecule has 0 bridgehead atoms. The number of hydrogen-bond acceptors (Lipinski definition) is 4. The molecule has 0 aliphatic carbocycles. The van der Waals surface area contributed by atoms with Crippen molar-refractivity contribution in [1.82, 2.24) is 9.97 Å². The highest BCUT2D eigenvalue weighted by molar-refractivity contribution is 6.34. The Morgan fingerprint density at radius 1 is 1.24 bits per heavy atom. The molecule has 0 radical (unpaired) electrons. The minimum atomic E-state index is 0.339. The van der Waals surface area contributed by atoms with Gasteiger partial charge < -0.3 is 5.32 Å². The van der Waals surface area contributed by atoms with Crippen LogP contribution in [0.4, 0.5) is 5.82 Å². The van der Waals surface area contributed by atoms with E-state index in [0.717, 1.165) is 5.69 Å². The molecule has 0 saturated carbocycles. The average molecular weight is 245 g/mol. The Balaban J connectivity index is 2.13. The molecule has 0 aliphatic rings. The molecule has 0 saturated heterocycles. The van der Waals surface area contributed by atoms with E-state index in [4.69, 9.17) is 16.9 Å². The number of halogens is 1. The lowest BCUT2D eigenvalue weighted by Gasteiger charge is -2.07. The Morgan fingerprint density at radius 2 is 2.12 bits per heavy atom. The van der Waals surface area contributed by atoms with Crippen molar-refractivity contribution >= 4 is 17.4 Å². The zero-order valence-electron chi connectivity index (χ0n) is 8.89. The van der Waals surface area contributed by atoms with Gasteiger partial charge in [0.05, 0.1) is 17.8 Å². The Kier molecular flexibility index (Phi) is 3.53. The lowest BCUT2D eigenvalue weighted by atomic mass is 10.3. The number of nitrogens with zero attached hydrogens (tertiary/aromatic N) is 3. The van der Waals surface area contributed by atoms with Crippen molar-refractivity contribution < 1.29 is 0 Å². The first-order chi connectivity index (χ1) is 8.31. The van der Waals surface area contributed by atoms with Gasteiger partial charge in [-0.25, -0.2) is 4.98 Å². The third kappa shape index (κ3) is 2.71. The Morgan fingerprint density at radius 3 is 2.82 bits per heavy atom. The summed E-state index contributed by atoms with van der Waals surface area (Å²) in [4.78, 5) is 8.25. The van der Waals surface area contributed by atoms with Crippen molar-refractivity contribution in [2.24, 2.45) is 0 Å². The predicted octanol–water partition coefficient (Wildman–Crippen LogP) is 2.61. The van der Waals surface area contributed by atoms with Crippen molar-refractivity contribution in [2.45, 2.75) is 6.54 Å². The fourth-order valence-corrected chi connectivity index (χ4v) is 1.55. The molecular formula is C12H9ClN4. The van der Waals surface area contributed by atoms with Crippen molar-refractivity contribution in [3.05, 3.63) is 52.9 Å². The topological polar surface area (TPSA) is 61.6 Å². The molecule has 17 heavy (non-hydrogen) atoms. The fourth-order valence-electron chi connectivity index (χ4n) is 1.33. The molecule has 0 spiro atoms. The molecule has 2 rings (SSSR count). The van der Waals surface area contributed by atoms with Crippen LogP contribution in [0.5, 0.6) is 0 Å². The van der Waals surface area contributed by atoms with Gasteiger partial charge in [0.1, 0.15) is 16.9 Å². The van der Waals surface area contributed by atoms with Gasteiger partial charge in [0.25, 0.3) is 0 Å². The molecule has 0 aliphatic heterocycles. The molecule has 0 unspecified atom stereocenters. The summed E-state index contributed by atoms with van der Waals surface area (Å²) < 4.78 is 0. The zero-order valence-corrected chi connectivity index (χ0v) is 9.65. The van der Waals surface area contributed by atoms with Gasteiger partial charge in [-0.3, -0.25) is 4.98 Å². The molecule has 1 N–H and O–H groups in total. The first-order valence-corrected chi connectivity index (χ1v) is 5.37. The van der Waals surface area contributed by atoms with Gasteiger partial charge in [0.15, 0.2) is 0 Å². The van der Waals surface area contributed by atoms with E-state index >= 15 is 0 Å². The molecular weight excluding hydrogens is 236 g/mol. The van der Waals surface area contributed by atoms with Crippen molar-refractivity contribution in [1.29, 1.82) is 5.26 Å². The van der Waals surface area contributed by atoms with Crippen LogP contribution in [0.1, 0.15) is 11.3 Å². The summed E-state index contributed by atoms with van der Waals surface area (Å²) >= 11 is 6.01. The molecule has 0 amide bonds. The van der Waals surface area contributed by atoms with Crippen LogP contribution in [-0.2, 0) is 6.54 Å². The van der Waals surface area contributed by atoms with E-state index < -0.39 is 0 Å². The summed E-state index contributed by atoms with van der Waals surface area (Å²) in [6.07, 6.45) is 3.27. The second-order valence-corrected chi connectivity index (χ2v) is 3.69. The second kappa shape index (κ2) is 5.28. The Hall–Kier alpha value is -2.12. The molecule has 4 nitrogen and oxygen atoms in total. The van der Waals surface area contributed by atoms with E-state index in [0.29, 0.717) is 22.9 Å². The number of aromatic nitrogens is 2. The monoisotopic (exact) mass is 244 g/mol. The third-order valence-electron chi connectivity index (χ3n) is 2.17.